The van der Waals surface area contributed by atoms with Crippen molar-refractivity contribution in [3.63, 3.8) is 0 Å². The van der Waals surface area contributed by atoms with Gasteiger partial charge in [0.1, 0.15) is 13.3 Å². The minimum atomic E-state index is -1.17. The van der Waals surface area contributed by atoms with Crippen molar-refractivity contribution >= 4 is 35.1 Å². The van der Waals surface area contributed by atoms with Gasteiger partial charge in [-0.15, -0.1) is 0 Å². The Morgan fingerprint density at radius 2 is 1.31 bits per heavy atom. The third-order valence-corrected chi connectivity index (χ3v) is 5.32. The fourth-order valence-corrected chi connectivity index (χ4v) is 3.63. The SMILES string of the molecule is CCOC(=O)c1c(Cl)c(C(C)(C)CF)nn1C.Cn1nc(C(C)(C)CF)c(Cl)c1C(=O)O. The number of esters is 1. The van der Waals surface area contributed by atoms with Crippen LogP contribution in [0.2, 0.25) is 10.0 Å². The van der Waals surface area contributed by atoms with Crippen LogP contribution < -0.4 is 0 Å². The average Bonchev–Trinajstić information content (AvgIpc) is 3.18. The molecule has 0 amide bonds. The quantitative estimate of drug-likeness (QED) is 0.565. The summed E-state index contributed by atoms with van der Waals surface area (Å²) in [5, 5.41) is 17.1. The molecule has 0 spiro atoms. The highest BCUT2D eigenvalue weighted by atomic mass is 35.5. The molecule has 8 nitrogen and oxygen atoms in total. The van der Waals surface area contributed by atoms with E-state index in [0.717, 1.165) is 4.68 Å². The maximum Gasteiger partial charge on any atom is 0.358 e. The van der Waals surface area contributed by atoms with Gasteiger partial charge in [-0.1, -0.05) is 50.9 Å². The van der Waals surface area contributed by atoms with Gasteiger partial charge in [-0.3, -0.25) is 18.1 Å². The maximum atomic E-state index is 12.9. The van der Waals surface area contributed by atoms with E-state index in [2.05, 4.69) is 10.2 Å². The summed E-state index contributed by atoms with van der Waals surface area (Å²) < 4.78 is 33.0. The lowest BCUT2D eigenvalue weighted by molar-refractivity contribution is 0.0513. The Hall–Kier alpha value is -2.20. The number of hydrogen-bond acceptors (Lipinski definition) is 5. The molecule has 2 heterocycles. The number of carboxylic acid groups (broad SMARTS) is 1. The topological polar surface area (TPSA) is 99.2 Å². The molecule has 2 rings (SSSR count). The van der Waals surface area contributed by atoms with Gasteiger partial charge in [-0.05, 0) is 6.92 Å². The van der Waals surface area contributed by atoms with Crippen LogP contribution in [0.25, 0.3) is 0 Å². The summed E-state index contributed by atoms with van der Waals surface area (Å²) in [6.45, 7) is 7.29. The van der Waals surface area contributed by atoms with E-state index >= 15 is 0 Å². The van der Waals surface area contributed by atoms with Gasteiger partial charge in [0.2, 0.25) is 0 Å². The lowest BCUT2D eigenvalue weighted by Gasteiger charge is -2.17. The molecule has 0 radical (unpaired) electrons. The number of carbonyl (C=O) groups is 2. The lowest BCUT2D eigenvalue weighted by Crippen LogP contribution is -2.21. The van der Waals surface area contributed by atoms with E-state index in [1.54, 1.807) is 41.7 Å². The first-order valence-corrected chi connectivity index (χ1v) is 10.4. The summed E-state index contributed by atoms with van der Waals surface area (Å²) >= 11 is 11.9. The molecule has 0 bridgehead atoms. The van der Waals surface area contributed by atoms with Crippen LogP contribution in [0, 0.1) is 0 Å². The molecule has 0 aliphatic rings. The van der Waals surface area contributed by atoms with Crippen LogP contribution in [-0.2, 0) is 29.7 Å². The van der Waals surface area contributed by atoms with Crippen molar-refractivity contribution in [2.75, 3.05) is 20.0 Å². The van der Waals surface area contributed by atoms with Gasteiger partial charge >= 0.3 is 11.9 Å². The molecule has 180 valence electrons. The average molecular weight is 497 g/mol. The number of aromatic carboxylic acids is 1. The predicted octanol–water partition coefficient (Wildman–Crippen LogP) is 4.52. The van der Waals surface area contributed by atoms with Crippen molar-refractivity contribution in [2.45, 2.75) is 45.4 Å². The van der Waals surface area contributed by atoms with E-state index in [-0.39, 0.29) is 33.7 Å². The Kier molecular flexibility index (Phi) is 9.23. The number of halogens is 4. The minimum absolute atomic E-state index is 0.00708. The first-order chi connectivity index (χ1) is 14.7. The largest absolute Gasteiger partial charge is 0.476 e. The molecular formula is C20H28Cl2F2N4O4. The zero-order valence-corrected chi connectivity index (χ0v) is 20.6. The zero-order valence-electron chi connectivity index (χ0n) is 19.1. The van der Waals surface area contributed by atoms with Crippen LogP contribution in [0.4, 0.5) is 8.78 Å². The number of hydrogen-bond donors (Lipinski definition) is 1. The Morgan fingerprint density at radius 1 is 0.938 bits per heavy atom. The Morgan fingerprint density at radius 3 is 1.62 bits per heavy atom. The van der Waals surface area contributed by atoms with Crippen molar-refractivity contribution in [3.8, 4) is 0 Å². The summed E-state index contributed by atoms with van der Waals surface area (Å²) in [6.07, 6.45) is 0. The van der Waals surface area contributed by atoms with Crippen LogP contribution >= 0.6 is 23.2 Å². The summed E-state index contributed by atoms with van der Waals surface area (Å²) in [7, 11) is 3.04. The molecular weight excluding hydrogens is 469 g/mol. The van der Waals surface area contributed by atoms with E-state index in [1.165, 1.54) is 11.7 Å². The number of rotatable bonds is 7. The first-order valence-electron chi connectivity index (χ1n) is 9.64. The number of ether oxygens (including phenoxy) is 1. The number of aromatic nitrogens is 4. The summed E-state index contributed by atoms with van der Waals surface area (Å²) in [5.41, 5.74) is -1.01. The van der Waals surface area contributed by atoms with Crippen LogP contribution in [0.3, 0.4) is 0 Å². The van der Waals surface area contributed by atoms with Crippen molar-refractivity contribution in [2.24, 2.45) is 14.1 Å². The Bertz CT molecular complexity index is 987. The summed E-state index contributed by atoms with van der Waals surface area (Å²) in [4.78, 5) is 22.5. The smallest absolute Gasteiger partial charge is 0.358 e. The van der Waals surface area contributed by atoms with Crippen LogP contribution in [0.5, 0.6) is 0 Å². The molecule has 0 aromatic carbocycles. The van der Waals surface area contributed by atoms with Crippen LogP contribution in [-0.4, -0.2) is 56.6 Å². The normalized spacial score (nSPS) is 11.7. The van der Waals surface area contributed by atoms with Gasteiger partial charge in [-0.2, -0.15) is 10.2 Å². The highest BCUT2D eigenvalue weighted by Gasteiger charge is 2.32. The second kappa shape index (κ2) is 10.6. The van der Waals surface area contributed by atoms with Crippen molar-refractivity contribution in [3.05, 3.63) is 32.8 Å². The highest BCUT2D eigenvalue weighted by Crippen LogP contribution is 2.32. The fraction of sp³-hybridized carbons (Fsp3) is 0.600. The van der Waals surface area contributed by atoms with Crippen molar-refractivity contribution < 1.29 is 28.2 Å². The minimum Gasteiger partial charge on any atom is -0.476 e. The second-order valence-corrected chi connectivity index (χ2v) is 9.09. The molecule has 0 fully saturated rings. The summed E-state index contributed by atoms with van der Waals surface area (Å²) in [6, 6.07) is 0. The number of nitrogens with zero attached hydrogens (tertiary/aromatic N) is 4. The number of aryl methyl sites for hydroxylation is 2. The molecule has 12 heteroatoms. The van der Waals surface area contributed by atoms with Gasteiger partial charge in [-0.25, -0.2) is 9.59 Å². The van der Waals surface area contributed by atoms with Gasteiger partial charge in [0.15, 0.2) is 11.4 Å². The van der Waals surface area contributed by atoms with Crippen molar-refractivity contribution in [1.82, 2.24) is 19.6 Å². The predicted molar refractivity (Wildman–Crippen MR) is 117 cm³/mol. The molecule has 32 heavy (non-hydrogen) atoms. The number of carbonyl (C=O) groups excluding carboxylic acids is 1. The molecule has 2 aromatic heterocycles. The van der Waals surface area contributed by atoms with E-state index in [1.807, 2.05) is 0 Å². The number of carboxylic acids is 1. The molecule has 0 atom stereocenters. The van der Waals surface area contributed by atoms with E-state index in [0.29, 0.717) is 5.69 Å². The van der Waals surface area contributed by atoms with Gasteiger partial charge in [0.25, 0.3) is 0 Å². The van der Waals surface area contributed by atoms with Gasteiger partial charge in [0, 0.05) is 24.9 Å². The molecule has 2 aromatic rings. The third-order valence-electron chi connectivity index (χ3n) is 4.60. The molecule has 0 saturated carbocycles. The first kappa shape index (κ1) is 27.8. The third kappa shape index (κ3) is 5.78. The van der Waals surface area contributed by atoms with E-state index in [9.17, 15) is 18.4 Å². The second-order valence-electron chi connectivity index (χ2n) is 8.33. The molecule has 0 unspecified atom stereocenters. The monoisotopic (exact) mass is 496 g/mol. The van der Waals surface area contributed by atoms with Gasteiger partial charge in [0.05, 0.1) is 28.0 Å². The highest BCUT2D eigenvalue weighted by molar-refractivity contribution is 6.34. The van der Waals surface area contributed by atoms with Crippen LogP contribution in [0.1, 0.15) is 67.0 Å². The van der Waals surface area contributed by atoms with E-state index < -0.39 is 36.1 Å². The number of alkyl halides is 2. The molecule has 0 aliphatic heterocycles. The van der Waals surface area contributed by atoms with Gasteiger partial charge < -0.3 is 9.84 Å². The zero-order chi connectivity index (χ0) is 25.0. The Balaban J connectivity index is 0.000000323. The summed E-state index contributed by atoms with van der Waals surface area (Å²) in [5.74, 6) is -1.72. The molecule has 0 saturated heterocycles. The maximum absolute atomic E-state index is 12.9. The standard InChI is InChI=1S/C11H16ClFN2O2.C9H12ClFN2O2/c1-5-17-10(16)8-7(12)9(14-15(8)4)11(2,3)6-13;1-9(2,4-11)7-5(10)6(8(14)15)13(3)12-7/h5-6H2,1-4H3;4H2,1-3H3,(H,14,15). The fourth-order valence-electron chi connectivity index (χ4n) is 2.64. The van der Waals surface area contributed by atoms with Crippen LogP contribution in [0.15, 0.2) is 0 Å². The molecule has 0 aliphatic carbocycles. The van der Waals surface area contributed by atoms with E-state index in [4.69, 9.17) is 33.0 Å². The van der Waals surface area contributed by atoms with Crippen molar-refractivity contribution in [1.29, 1.82) is 0 Å². The Labute approximate surface area is 195 Å². The molecule has 1 N–H and O–H groups in total. The lowest BCUT2D eigenvalue weighted by atomic mass is 9.91.